The van der Waals surface area contributed by atoms with Crippen LogP contribution in [0.15, 0.2) is 23.3 Å². The molecule has 1 heterocycles. The van der Waals surface area contributed by atoms with Crippen LogP contribution in [0, 0.1) is 0 Å². The molecule has 4 heteroatoms. The van der Waals surface area contributed by atoms with Gasteiger partial charge in [0.2, 0.25) is 0 Å². The van der Waals surface area contributed by atoms with Crippen molar-refractivity contribution in [2.75, 3.05) is 6.61 Å². The molecule has 0 N–H and O–H groups in total. The fraction of sp³-hybridized carbons (Fsp3) is 0.429. The molecule has 0 aliphatic carbocycles. The standard InChI is InChI=1S/C4H8O2.C3H3NO/c1-3-6-4(2)5;1-2-5-3-4-1/h3H2,1-2H3;1-3H. The Kier molecular flexibility index (Phi) is 5.98. The fourth-order valence-corrected chi connectivity index (χ4v) is 0.379. The van der Waals surface area contributed by atoms with Crippen LogP contribution in [0.25, 0.3) is 0 Å². The first-order chi connectivity index (χ1) is 5.27. The summed E-state index contributed by atoms with van der Waals surface area (Å²) in [6, 6.07) is 0. The van der Waals surface area contributed by atoms with Gasteiger partial charge in [-0.15, -0.1) is 0 Å². The van der Waals surface area contributed by atoms with Crippen molar-refractivity contribution >= 4 is 5.97 Å². The highest BCUT2D eigenvalue weighted by Crippen LogP contribution is 1.72. The Morgan fingerprint density at radius 3 is 2.55 bits per heavy atom. The number of carbonyl (C=O) groups excluding carboxylic acids is 1. The molecular formula is C7H11NO3. The van der Waals surface area contributed by atoms with E-state index in [0.29, 0.717) is 6.61 Å². The van der Waals surface area contributed by atoms with Crippen molar-refractivity contribution < 1.29 is 13.9 Å². The monoisotopic (exact) mass is 157 g/mol. The zero-order chi connectivity index (χ0) is 8.53. The maximum Gasteiger partial charge on any atom is 0.302 e. The van der Waals surface area contributed by atoms with Gasteiger partial charge in [0.25, 0.3) is 0 Å². The summed E-state index contributed by atoms with van der Waals surface area (Å²) < 4.78 is 8.88. The molecule has 0 amide bonds. The summed E-state index contributed by atoms with van der Waals surface area (Å²) in [6.45, 7) is 3.65. The highest BCUT2D eigenvalue weighted by molar-refractivity contribution is 5.65. The van der Waals surface area contributed by atoms with Crippen molar-refractivity contribution in [3.63, 3.8) is 0 Å². The molecule has 0 radical (unpaired) electrons. The van der Waals surface area contributed by atoms with E-state index in [1.807, 2.05) is 0 Å². The third kappa shape index (κ3) is 8.68. The average molecular weight is 157 g/mol. The zero-order valence-electron chi connectivity index (χ0n) is 6.61. The molecule has 0 saturated heterocycles. The van der Waals surface area contributed by atoms with Crippen molar-refractivity contribution in [3.8, 4) is 0 Å². The second-order valence-corrected chi connectivity index (χ2v) is 1.60. The van der Waals surface area contributed by atoms with E-state index in [2.05, 4.69) is 14.1 Å². The molecule has 0 aliphatic rings. The van der Waals surface area contributed by atoms with Crippen LogP contribution in [0.4, 0.5) is 0 Å². The predicted octanol–water partition coefficient (Wildman–Crippen LogP) is 1.24. The Morgan fingerprint density at radius 2 is 2.45 bits per heavy atom. The number of hydrogen-bond donors (Lipinski definition) is 0. The summed E-state index contributed by atoms with van der Waals surface area (Å²) in [5.74, 6) is -0.211. The number of carbonyl (C=O) groups is 1. The molecular weight excluding hydrogens is 146 g/mol. The summed E-state index contributed by atoms with van der Waals surface area (Å²) in [5.41, 5.74) is 0. The van der Waals surface area contributed by atoms with Gasteiger partial charge in [-0.05, 0) is 6.92 Å². The van der Waals surface area contributed by atoms with Gasteiger partial charge in [-0.25, -0.2) is 4.98 Å². The number of esters is 1. The maximum atomic E-state index is 9.82. The van der Waals surface area contributed by atoms with Gasteiger partial charge in [0.15, 0.2) is 6.39 Å². The van der Waals surface area contributed by atoms with E-state index >= 15 is 0 Å². The van der Waals surface area contributed by atoms with Crippen LogP contribution in [0.5, 0.6) is 0 Å². The van der Waals surface area contributed by atoms with Crippen LogP contribution in [0.3, 0.4) is 0 Å². The lowest BCUT2D eigenvalue weighted by atomic mass is 10.8. The number of hydrogen-bond acceptors (Lipinski definition) is 4. The van der Waals surface area contributed by atoms with Crippen molar-refractivity contribution in [2.45, 2.75) is 13.8 Å². The smallest absolute Gasteiger partial charge is 0.302 e. The summed E-state index contributed by atoms with van der Waals surface area (Å²) in [6.07, 6.45) is 4.47. The second-order valence-electron chi connectivity index (χ2n) is 1.60. The van der Waals surface area contributed by atoms with Gasteiger partial charge in [-0.1, -0.05) is 0 Å². The molecule has 0 aliphatic heterocycles. The zero-order valence-corrected chi connectivity index (χ0v) is 6.61. The van der Waals surface area contributed by atoms with E-state index < -0.39 is 0 Å². The van der Waals surface area contributed by atoms with Gasteiger partial charge < -0.3 is 9.15 Å². The highest BCUT2D eigenvalue weighted by atomic mass is 16.5. The van der Waals surface area contributed by atoms with E-state index in [-0.39, 0.29) is 5.97 Å². The normalized spacial score (nSPS) is 7.82. The Balaban J connectivity index is 0.000000183. The molecule has 0 bridgehead atoms. The Labute approximate surface area is 65.2 Å². The number of ether oxygens (including phenoxy) is 1. The molecule has 1 aromatic heterocycles. The van der Waals surface area contributed by atoms with Crippen LogP contribution in [-0.4, -0.2) is 17.6 Å². The molecule has 1 rings (SSSR count). The summed E-state index contributed by atoms with van der Waals surface area (Å²) >= 11 is 0. The van der Waals surface area contributed by atoms with Crippen LogP contribution < -0.4 is 0 Å². The van der Waals surface area contributed by atoms with E-state index in [4.69, 9.17) is 0 Å². The number of aromatic nitrogens is 1. The van der Waals surface area contributed by atoms with Gasteiger partial charge in [0, 0.05) is 6.92 Å². The van der Waals surface area contributed by atoms with Gasteiger partial charge in [0.1, 0.15) is 6.26 Å². The number of oxazole rings is 1. The van der Waals surface area contributed by atoms with E-state index in [9.17, 15) is 4.79 Å². The lowest BCUT2D eigenvalue weighted by Gasteiger charge is -1.89. The fourth-order valence-electron chi connectivity index (χ4n) is 0.379. The molecule has 62 valence electrons. The maximum absolute atomic E-state index is 9.82. The molecule has 0 aromatic carbocycles. The molecule has 1 aromatic rings. The topological polar surface area (TPSA) is 52.3 Å². The average Bonchev–Trinajstić information content (AvgIpc) is 2.41. The van der Waals surface area contributed by atoms with Crippen LogP contribution >= 0.6 is 0 Å². The Morgan fingerprint density at radius 1 is 1.73 bits per heavy atom. The number of nitrogens with zero attached hydrogens (tertiary/aromatic N) is 1. The second kappa shape index (κ2) is 6.80. The van der Waals surface area contributed by atoms with Crippen LogP contribution in [-0.2, 0) is 9.53 Å². The lowest BCUT2D eigenvalue weighted by Crippen LogP contribution is -1.95. The quantitative estimate of drug-likeness (QED) is 0.575. The number of rotatable bonds is 1. The molecule has 0 atom stereocenters. The SMILES string of the molecule is CCOC(C)=O.c1cocn1. The molecule has 0 fully saturated rings. The summed E-state index contributed by atoms with van der Waals surface area (Å²) in [7, 11) is 0. The first kappa shape index (κ1) is 9.68. The first-order valence-electron chi connectivity index (χ1n) is 3.23. The minimum absolute atomic E-state index is 0.211. The predicted molar refractivity (Wildman–Crippen MR) is 38.8 cm³/mol. The van der Waals surface area contributed by atoms with Crippen LogP contribution in [0.2, 0.25) is 0 Å². The van der Waals surface area contributed by atoms with Crippen molar-refractivity contribution in [1.29, 1.82) is 0 Å². The highest BCUT2D eigenvalue weighted by Gasteiger charge is 1.81. The van der Waals surface area contributed by atoms with Crippen LogP contribution in [0.1, 0.15) is 13.8 Å². The molecule has 11 heavy (non-hydrogen) atoms. The summed E-state index contributed by atoms with van der Waals surface area (Å²) in [5, 5.41) is 0. The molecule has 0 unspecified atom stereocenters. The van der Waals surface area contributed by atoms with E-state index in [1.54, 1.807) is 13.1 Å². The Hall–Kier alpha value is -1.32. The van der Waals surface area contributed by atoms with Gasteiger partial charge >= 0.3 is 5.97 Å². The molecule has 4 nitrogen and oxygen atoms in total. The minimum atomic E-state index is -0.211. The first-order valence-corrected chi connectivity index (χ1v) is 3.23. The van der Waals surface area contributed by atoms with E-state index in [1.165, 1.54) is 19.6 Å². The van der Waals surface area contributed by atoms with Crippen molar-refractivity contribution in [2.24, 2.45) is 0 Å². The summed E-state index contributed by atoms with van der Waals surface area (Å²) in [4.78, 5) is 13.4. The van der Waals surface area contributed by atoms with Crippen molar-refractivity contribution in [3.05, 3.63) is 18.9 Å². The van der Waals surface area contributed by atoms with E-state index in [0.717, 1.165) is 0 Å². The molecule has 0 saturated carbocycles. The van der Waals surface area contributed by atoms with Gasteiger partial charge in [-0.2, -0.15) is 0 Å². The minimum Gasteiger partial charge on any atom is -0.466 e. The Bertz CT molecular complexity index is 155. The lowest BCUT2D eigenvalue weighted by molar-refractivity contribution is -0.140. The largest absolute Gasteiger partial charge is 0.466 e. The third-order valence-electron chi connectivity index (χ3n) is 0.695. The van der Waals surface area contributed by atoms with Crippen molar-refractivity contribution in [1.82, 2.24) is 4.98 Å². The van der Waals surface area contributed by atoms with Gasteiger partial charge in [-0.3, -0.25) is 4.79 Å². The van der Waals surface area contributed by atoms with Gasteiger partial charge in [0.05, 0.1) is 12.8 Å². The third-order valence-corrected chi connectivity index (χ3v) is 0.695. The molecule has 0 spiro atoms.